The molecule has 1 fully saturated rings. The number of nitrogens with zero attached hydrogens (tertiary/aromatic N) is 3. The van der Waals surface area contributed by atoms with Gasteiger partial charge in [0.15, 0.2) is 5.52 Å². The minimum absolute atomic E-state index is 0.0735. The van der Waals surface area contributed by atoms with Crippen LogP contribution in [-0.2, 0) is 0 Å². The second-order valence-corrected chi connectivity index (χ2v) is 5.13. The molecule has 3 heterocycles. The minimum atomic E-state index is -0.0735. The van der Waals surface area contributed by atoms with Gasteiger partial charge in [0.2, 0.25) is 0 Å². The van der Waals surface area contributed by atoms with Gasteiger partial charge >= 0.3 is 0 Å². The Morgan fingerprint density at radius 1 is 1.44 bits per heavy atom. The lowest BCUT2D eigenvalue weighted by molar-refractivity contribution is 0.410. The van der Waals surface area contributed by atoms with E-state index in [0.29, 0.717) is 11.0 Å². The highest BCUT2D eigenvalue weighted by Crippen LogP contribution is 2.25. The fourth-order valence-electron chi connectivity index (χ4n) is 2.04. The quantitative estimate of drug-likeness (QED) is 0.807. The summed E-state index contributed by atoms with van der Waals surface area (Å²) in [5, 5.41) is 4.23. The number of rotatable bonds is 1. The van der Waals surface area contributed by atoms with Gasteiger partial charge < -0.3 is 4.98 Å². The molecule has 16 heavy (non-hydrogen) atoms. The molecule has 0 atom stereocenters. The molecule has 0 saturated carbocycles. The highest BCUT2D eigenvalue weighted by molar-refractivity contribution is 7.99. The molecule has 0 unspecified atom stereocenters. The van der Waals surface area contributed by atoms with Crippen LogP contribution in [-0.4, -0.2) is 31.3 Å². The summed E-state index contributed by atoms with van der Waals surface area (Å²) < 4.78 is 1.60. The Morgan fingerprint density at radius 2 is 2.25 bits per heavy atom. The van der Waals surface area contributed by atoms with E-state index < -0.39 is 0 Å². The highest BCUT2D eigenvalue weighted by atomic mass is 32.2. The smallest absolute Gasteiger partial charge is 0.295 e. The Hall–Kier alpha value is -1.30. The molecule has 1 aliphatic heterocycles. The van der Waals surface area contributed by atoms with Crippen LogP contribution in [0.4, 0.5) is 0 Å². The van der Waals surface area contributed by atoms with Gasteiger partial charge in [-0.3, -0.25) is 4.79 Å². The van der Waals surface area contributed by atoms with E-state index in [0.717, 1.165) is 24.3 Å². The van der Waals surface area contributed by atoms with Crippen LogP contribution in [0.5, 0.6) is 0 Å². The Labute approximate surface area is 96.3 Å². The van der Waals surface area contributed by atoms with E-state index in [9.17, 15) is 4.79 Å². The first kappa shape index (κ1) is 9.89. The lowest BCUT2D eigenvalue weighted by Crippen LogP contribution is -2.29. The molecule has 2 aromatic heterocycles. The van der Waals surface area contributed by atoms with Crippen LogP contribution >= 0.6 is 11.8 Å². The zero-order valence-corrected chi connectivity index (χ0v) is 9.54. The monoisotopic (exact) mass is 236 g/mol. The van der Waals surface area contributed by atoms with E-state index in [1.807, 2.05) is 11.8 Å². The summed E-state index contributed by atoms with van der Waals surface area (Å²) in [6, 6.07) is 0.245. The summed E-state index contributed by atoms with van der Waals surface area (Å²) >= 11 is 1.94. The fourth-order valence-corrected chi connectivity index (χ4v) is 3.13. The van der Waals surface area contributed by atoms with Gasteiger partial charge in [0.25, 0.3) is 5.56 Å². The lowest BCUT2D eigenvalue weighted by Gasteiger charge is -2.21. The molecule has 0 radical (unpaired) electrons. The van der Waals surface area contributed by atoms with Crippen molar-refractivity contribution >= 4 is 22.8 Å². The van der Waals surface area contributed by atoms with E-state index >= 15 is 0 Å². The molecule has 84 valence electrons. The molecule has 6 heteroatoms. The van der Waals surface area contributed by atoms with Gasteiger partial charge in [-0.2, -0.15) is 16.9 Å². The van der Waals surface area contributed by atoms with Crippen molar-refractivity contribution in [2.24, 2.45) is 0 Å². The third-order valence-electron chi connectivity index (χ3n) is 2.93. The van der Waals surface area contributed by atoms with Crippen LogP contribution in [0.15, 0.2) is 17.3 Å². The van der Waals surface area contributed by atoms with Crippen LogP contribution in [0.1, 0.15) is 18.9 Å². The van der Waals surface area contributed by atoms with Crippen molar-refractivity contribution in [3.8, 4) is 0 Å². The van der Waals surface area contributed by atoms with Crippen LogP contribution < -0.4 is 5.56 Å². The van der Waals surface area contributed by atoms with E-state index in [1.165, 1.54) is 6.33 Å². The first-order valence-corrected chi connectivity index (χ1v) is 6.50. The van der Waals surface area contributed by atoms with Crippen LogP contribution in [0.2, 0.25) is 0 Å². The largest absolute Gasteiger partial charge is 0.343 e. The van der Waals surface area contributed by atoms with E-state index in [4.69, 9.17) is 0 Å². The number of imidazole rings is 1. The number of hydrogen-bond donors (Lipinski definition) is 1. The Morgan fingerprint density at radius 3 is 3.06 bits per heavy atom. The zero-order valence-electron chi connectivity index (χ0n) is 8.72. The summed E-state index contributed by atoms with van der Waals surface area (Å²) in [5.41, 5.74) is 1.13. The predicted octanol–water partition coefficient (Wildman–Crippen LogP) is 1.19. The zero-order chi connectivity index (χ0) is 11.0. The predicted molar refractivity (Wildman–Crippen MR) is 63.7 cm³/mol. The maximum absolute atomic E-state index is 12.1. The maximum Gasteiger partial charge on any atom is 0.295 e. The van der Waals surface area contributed by atoms with Crippen molar-refractivity contribution in [2.75, 3.05) is 11.5 Å². The number of thioether (sulfide) groups is 1. The molecule has 1 saturated heterocycles. The molecule has 5 nitrogen and oxygen atoms in total. The van der Waals surface area contributed by atoms with Gasteiger partial charge in [-0.25, -0.2) is 9.67 Å². The van der Waals surface area contributed by atoms with E-state index in [-0.39, 0.29) is 11.6 Å². The normalized spacial score (nSPS) is 18.0. The van der Waals surface area contributed by atoms with Gasteiger partial charge in [-0.05, 0) is 24.3 Å². The third kappa shape index (κ3) is 1.53. The first-order chi connectivity index (χ1) is 7.86. The fraction of sp³-hybridized carbons (Fsp3) is 0.500. The second-order valence-electron chi connectivity index (χ2n) is 3.90. The number of aromatic amines is 1. The number of fused-ring (bicyclic) bond motifs is 1. The van der Waals surface area contributed by atoms with Crippen LogP contribution in [0, 0.1) is 0 Å². The van der Waals surface area contributed by atoms with Crippen LogP contribution in [0.25, 0.3) is 11.0 Å². The molecular formula is C10H12N4OS. The summed E-state index contributed by atoms with van der Waals surface area (Å²) in [6.45, 7) is 0. The third-order valence-corrected chi connectivity index (χ3v) is 3.98. The van der Waals surface area contributed by atoms with E-state index in [1.54, 1.807) is 10.9 Å². The number of nitrogens with one attached hydrogen (secondary N) is 1. The van der Waals surface area contributed by atoms with Crippen molar-refractivity contribution in [3.63, 3.8) is 0 Å². The van der Waals surface area contributed by atoms with E-state index in [2.05, 4.69) is 15.1 Å². The summed E-state index contributed by atoms with van der Waals surface area (Å²) in [7, 11) is 0. The lowest BCUT2D eigenvalue weighted by atomic mass is 10.1. The Bertz CT molecular complexity index is 555. The Kier molecular flexibility index (Phi) is 2.43. The van der Waals surface area contributed by atoms with Crippen molar-refractivity contribution < 1.29 is 0 Å². The molecule has 1 aliphatic rings. The van der Waals surface area contributed by atoms with Gasteiger partial charge in [0.1, 0.15) is 0 Å². The summed E-state index contributed by atoms with van der Waals surface area (Å²) in [5.74, 6) is 2.22. The Balaban J connectivity index is 2.09. The molecule has 0 spiro atoms. The summed E-state index contributed by atoms with van der Waals surface area (Å²) in [4.78, 5) is 19.0. The van der Waals surface area contributed by atoms with Crippen molar-refractivity contribution in [3.05, 3.63) is 22.9 Å². The van der Waals surface area contributed by atoms with Gasteiger partial charge in [0, 0.05) is 0 Å². The van der Waals surface area contributed by atoms with Gasteiger partial charge in [0.05, 0.1) is 24.1 Å². The van der Waals surface area contributed by atoms with Crippen molar-refractivity contribution in [1.82, 2.24) is 19.7 Å². The molecule has 0 amide bonds. The molecular weight excluding hydrogens is 224 g/mol. The minimum Gasteiger partial charge on any atom is -0.343 e. The molecule has 0 bridgehead atoms. The SMILES string of the molecule is O=c1c2nc[nH]c2cnn1C1CCSCC1. The van der Waals surface area contributed by atoms with Crippen molar-refractivity contribution in [2.45, 2.75) is 18.9 Å². The standard InChI is InChI=1S/C10H12N4OS/c15-10-9-8(11-6-12-9)5-13-14(10)7-1-3-16-4-2-7/h5-7H,1-4H2,(H,11,12). The van der Waals surface area contributed by atoms with Gasteiger partial charge in [-0.15, -0.1) is 0 Å². The molecule has 3 rings (SSSR count). The van der Waals surface area contributed by atoms with Gasteiger partial charge in [-0.1, -0.05) is 0 Å². The maximum atomic E-state index is 12.1. The first-order valence-electron chi connectivity index (χ1n) is 5.35. The molecule has 1 N–H and O–H groups in total. The topological polar surface area (TPSA) is 63.6 Å². The van der Waals surface area contributed by atoms with Crippen LogP contribution in [0.3, 0.4) is 0 Å². The summed E-state index contributed by atoms with van der Waals surface area (Å²) in [6.07, 6.45) is 5.27. The number of hydrogen-bond acceptors (Lipinski definition) is 4. The number of H-pyrrole nitrogens is 1. The molecule has 0 aliphatic carbocycles. The number of aromatic nitrogens is 4. The molecule has 0 aromatic carbocycles. The average Bonchev–Trinajstić information content (AvgIpc) is 2.80. The molecule has 2 aromatic rings. The van der Waals surface area contributed by atoms with Crippen molar-refractivity contribution in [1.29, 1.82) is 0 Å². The highest BCUT2D eigenvalue weighted by Gasteiger charge is 2.19. The average molecular weight is 236 g/mol. The second kappa shape index (κ2) is 3.93.